The number of amides is 3. The molecule has 0 radical (unpaired) electrons. The Labute approximate surface area is 423 Å². The third-order valence-corrected chi connectivity index (χ3v) is 14.6. The van der Waals surface area contributed by atoms with E-state index in [1.165, 1.54) is 0 Å². The Kier molecular flexibility index (Phi) is 18.5. The summed E-state index contributed by atoms with van der Waals surface area (Å²) in [4.78, 5) is 52.0. The molecule has 7 rings (SSSR count). The van der Waals surface area contributed by atoms with Crippen LogP contribution in [0.15, 0.2) is 103 Å². The number of aromatic hydroxyl groups is 2. The number of nitrogens with one attached hydrogen (secondary N) is 2. The molecule has 0 spiro atoms. The topological polar surface area (TPSA) is 168 Å². The average Bonchev–Trinajstić information content (AvgIpc) is 3.99. The number of aliphatic hydroxyl groups excluding tert-OH is 1. The number of thiazole rings is 1. The Morgan fingerprint density at radius 1 is 0.817 bits per heavy atom. The van der Waals surface area contributed by atoms with Gasteiger partial charge in [0.2, 0.25) is 17.7 Å². The summed E-state index contributed by atoms with van der Waals surface area (Å²) in [5.74, 6) is 0.966. The SMILES string of the molecule is CCC(=C(c1ccc(O)cc1)c1ccc(OCCN2CCN(C(=O)CCCCCCN[C@H](C(=O)N3C[C@H](O)C[C@H]3C(=O)NCc3ccc(-c4scnc4C)cc3)C(C)(C)C)CC2)cc1)c1ccc(O)cc1. The van der Waals surface area contributed by atoms with Gasteiger partial charge in [-0.2, -0.15) is 0 Å². The van der Waals surface area contributed by atoms with Gasteiger partial charge in [-0.3, -0.25) is 19.3 Å². The van der Waals surface area contributed by atoms with Crippen LogP contribution in [0.5, 0.6) is 17.2 Å². The Hall–Kier alpha value is -6.06. The van der Waals surface area contributed by atoms with Gasteiger partial charge < -0.3 is 40.5 Å². The van der Waals surface area contributed by atoms with Crippen LogP contribution >= 0.6 is 11.3 Å². The number of allylic oxidation sites excluding steroid dienone is 1. The zero-order chi connectivity index (χ0) is 50.5. The fraction of sp³-hybridized carbons (Fsp3) is 0.439. The van der Waals surface area contributed by atoms with Crippen LogP contribution in [-0.4, -0.2) is 123 Å². The second-order valence-corrected chi connectivity index (χ2v) is 20.7. The number of carbonyl (C=O) groups excluding carboxylic acids is 3. The number of aliphatic hydroxyl groups is 1. The zero-order valence-corrected chi connectivity index (χ0v) is 42.8. The van der Waals surface area contributed by atoms with E-state index in [2.05, 4.69) is 39.6 Å². The van der Waals surface area contributed by atoms with Gasteiger partial charge in [0.1, 0.15) is 29.9 Å². The lowest BCUT2D eigenvalue weighted by molar-refractivity contribution is -0.142. The van der Waals surface area contributed by atoms with Gasteiger partial charge in [0.15, 0.2) is 0 Å². The predicted molar refractivity (Wildman–Crippen MR) is 282 cm³/mol. The highest BCUT2D eigenvalue weighted by molar-refractivity contribution is 7.13. The number of phenolic OH excluding ortho intramolecular Hbond substituents is 2. The number of β-amino-alcohol motifs (C(OH)–C–C–N with tert-alkyl or cyclic N) is 1. The fourth-order valence-corrected chi connectivity index (χ4v) is 10.4. The summed E-state index contributed by atoms with van der Waals surface area (Å²) < 4.78 is 6.18. The molecule has 0 bridgehead atoms. The van der Waals surface area contributed by atoms with Crippen molar-refractivity contribution in [3.05, 3.63) is 131 Å². The number of rotatable bonds is 21. The highest BCUT2D eigenvalue weighted by Crippen LogP contribution is 2.36. The molecule has 0 unspecified atom stereocenters. The van der Waals surface area contributed by atoms with Gasteiger partial charge in [-0.1, -0.05) is 101 Å². The van der Waals surface area contributed by atoms with Gasteiger partial charge in [0, 0.05) is 58.7 Å². The number of carbonyl (C=O) groups is 3. The third-order valence-electron chi connectivity index (χ3n) is 13.6. The first kappa shape index (κ1) is 52.8. The van der Waals surface area contributed by atoms with E-state index in [-0.39, 0.29) is 42.2 Å². The molecule has 2 aliphatic rings. The fourth-order valence-electron chi connectivity index (χ4n) is 9.62. The smallest absolute Gasteiger partial charge is 0.243 e. The molecule has 3 atom stereocenters. The number of hydrogen-bond donors (Lipinski definition) is 5. The molecule has 1 aromatic heterocycles. The molecule has 14 heteroatoms. The summed E-state index contributed by atoms with van der Waals surface area (Å²) in [6.07, 6.45) is 4.24. The molecule has 4 aromatic carbocycles. The van der Waals surface area contributed by atoms with Crippen LogP contribution in [0.2, 0.25) is 0 Å². The third kappa shape index (κ3) is 14.3. The Balaban J connectivity index is 0.790. The lowest BCUT2D eigenvalue weighted by Crippen LogP contribution is -2.56. The molecule has 13 nitrogen and oxygen atoms in total. The number of ether oxygens (including phenoxy) is 1. The normalized spacial score (nSPS) is 17.2. The Morgan fingerprint density at radius 2 is 1.44 bits per heavy atom. The molecule has 5 N–H and O–H groups in total. The van der Waals surface area contributed by atoms with Gasteiger partial charge >= 0.3 is 0 Å². The minimum absolute atomic E-state index is 0.121. The number of unbranched alkanes of at least 4 members (excludes halogenated alkanes) is 3. The van der Waals surface area contributed by atoms with E-state index in [4.69, 9.17) is 4.74 Å². The number of aryl methyl sites for hydroxylation is 1. The van der Waals surface area contributed by atoms with E-state index in [9.17, 15) is 29.7 Å². The van der Waals surface area contributed by atoms with Crippen LogP contribution in [0, 0.1) is 12.3 Å². The zero-order valence-electron chi connectivity index (χ0n) is 42.0. The minimum Gasteiger partial charge on any atom is -0.508 e. The molecule has 0 saturated carbocycles. The van der Waals surface area contributed by atoms with E-state index in [1.54, 1.807) is 40.5 Å². The van der Waals surface area contributed by atoms with Crippen LogP contribution in [0.1, 0.15) is 101 Å². The van der Waals surface area contributed by atoms with Crippen molar-refractivity contribution in [1.82, 2.24) is 30.3 Å². The summed E-state index contributed by atoms with van der Waals surface area (Å²) in [5.41, 5.74) is 9.65. The molecule has 378 valence electrons. The molecule has 3 amide bonds. The van der Waals surface area contributed by atoms with E-state index >= 15 is 0 Å². The predicted octanol–water partition coefficient (Wildman–Crippen LogP) is 8.65. The van der Waals surface area contributed by atoms with Crippen molar-refractivity contribution in [3.63, 3.8) is 0 Å². The second-order valence-electron chi connectivity index (χ2n) is 19.9. The lowest BCUT2D eigenvalue weighted by atomic mass is 9.85. The second kappa shape index (κ2) is 24.9. The number of aromatic nitrogens is 1. The van der Waals surface area contributed by atoms with Crippen LogP contribution in [0.25, 0.3) is 21.6 Å². The molecular weight excluding hydrogens is 913 g/mol. The molecule has 0 aliphatic carbocycles. The van der Waals surface area contributed by atoms with E-state index < -0.39 is 23.6 Å². The molecule has 5 aromatic rings. The molecule has 71 heavy (non-hydrogen) atoms. The van der Waals surface area contributed by atoms with Gasteiger partial charge in [-0.05, 0) is 114 Å². The molecule has 3 heterocycles. The standard InChI is InChI=1S/C57H72N6O7S/c1-6-49(41-16-22-45(64)23-17-41)52(42-18-24-46(65)25-19-42)43-20-26-48(27-21-43)70-34-33-61-29-31-62(32-30-61)51(67)11-9-7-8-10-28-58-54(57(3,4)5)56(69)63-37-47(66)35-50(63)55(68)59-36-40-12-14-44(15-13-40)53-39(2)60-38-71-53/h12-27,38,47,50,54,58,64-66H,6-11,28-37H2,1-5H3,(H,59,68)/t47-,50+,54-/m1/s1. The van der Waals surface area contributed by atoms with Crippen molar-refractivity contribution in [1.29, 1.82) is 0 Å². The first-order valence-electron chi connectivity index (χ1n) is 25.2. The van der Waals surface area contributed by atoms with Crippen molar-refractivity contribution < 1.29 is 34.4 Å². The van der Waals surface area contributed by atoms with E-state index in [1.807, 2.05) is 98.8 Å². The highest BCUT2D eigenvalue weighted by atomic mass is 32.1. The number of nitrogens with zero attached hydrogens (tertiary/aromatic N) is 4. The van der Waals surface area contributed by atoms with Gasteiger partial charge in [-0.15, -0.1) is 11.3 Å². The van der Waals surface area contributed by atoms with Crippen molar-refractivity contribution in [2.24, 2.45) is 5.41 Å². The summed E-state index contributed by atoms with van der Waals surface area (Å²) in [6.45, 7) is 15.5. The number of hydrogen-bond acceptors (Lipinski definition) is 11. The maximum atomic E-state index is 14.1. The molecule has 2 saturated heterocycles. The maximum absolute atomic E-state index is 14.1. The number of likely N-dealkylation sites (tertiary alicyclic amines) is 1. The van der Waals surface area contributed by atoms with Crippen LogP contribution in [0.4, 0.5) is 0 Å². The monoisotopic (exact) mass is 985 g/mol. The number of piperazine rings is 1. The Bertz CT molecular complexity index is 2550. The van der Waals surface area contributed by atoms with E-state index in [0.717, 1.165) is 107 Å². The minimum atomic E-state index is -0.767. The van der Waals surface area contributed by atoms with Crippen molar-refractivity contribution in [3.8, 4) is 27.7 Å². The summed E-state index contributed by atoms with van der Waals surface area (Å²) in [6, 6.07) is 29.4. The number of phenols is 2. The van der Waals surface area contributed by atoms with Crippen molar-refractivity contribution >= 4 is 40.2 Å². The van der Waals surface area contributed by atoms with Gasteiger partial charge in [0.05, 0.1) is 28.2 Å². The quantitative estimate of drug-likeness (QED) is 0.0355. The number of benzene rings is 4. The first-order valence-corrected chi connectivity index (χ1v) is 26.1. The molecule has 2 fully saturated rings. The average molecular weight is 985 g/mol. The molecule has 2 aliphatic heterocycles. The summed E-state index contributed by atoms with van der Waals surface area (Å²) in [5, 5.41) is 37.0. The largest absolute Gasteiger partial charge is 0.508 e. The van der Waals surface area contributed by atoms with Crippen LogP contribution < -0.4 is 15.4 Å². The summed E-state index contributed by atoms with van der Waals surface area (Å²) in [7, 11) is 0. The van der Waals surface area contributed by atoms with Crippen molar-refractivity contribution in [2.45, 2.75) is 104 Å². The van der Waals surface area contributed by atoms with Crippen LogP contribution in [0.3, 0.4) is 0 Å². The lowest BCUT2D eigenvalue weighted by Gasteiger charge is -2.35. The maximum Gasteiger partial charge on any atom is 0.243 e. The molecular formula is C57H72N6O7S. The Morgan fingerprint density at radius 3 is 2.04 bits per heavy atom. The van der Waals surface area contributed by atoms with E-state index in [0.29, 0.717) is 39.2 Å². The highest BCUT2D eigenvalue weighted by Gasteiger charge is 2.43. The van der Waals surface area contributed by atoms with Crippen molar-refractivity contribution in [2.75, 3.05) is 52.4 Å². The van der Waals surface area contributed by atoms with Crippen LogP contribution in [-0.2, 0) is 20.9 Å². The van der Waals surface area contributed by atoms with Gasteiger partial charge in [-0.25, -0.2) is 4.98 Å². The van der Waals surface area contributed by atoms with Gasteiger partial charge in [0.25, 0.3) is 0 Å². The summed E-state index contributed by atoms with van der Waals surface area (Å²) >= 11 is 1.60. The first-order chi connectivity index (χ1) is 34.2.